The molecule has 3 rings (SSSR count). The van der Waals surface area contributed by atoms with Gasteiger partial charge in [-0.1, -0.05) is 23.2 Å². The molecule has 0 aliphatic carbocycles. The number of halogens is 2. The van der Waals surface area contributed by atoms with E-state index in [2.05, 4.69) is 9.97 Å². The second-order valence-corrected chi connectivity index (χ2v) is 5.90. The van der Waals surface area contributed by atoms with Gasteiger partial charge in [0.05, 0.1) is 22.5 Å². The summed E-state index contributed by atoms with van der Waals surface area (Å²) < 4.78 is 5.21. The van der Waals surface area contributed by atoms with Crippen molar-refractivity contribution in [2.24, 2.45) is 0 Å². The van der Waals surface area contributed by atoms with Gasteiger partial charge in [0.1, 0.15) is 10.9 Å². The van der Waals surface area contributed by atoms with Gasteiger partial charge in [0.2, 0.25) is 0 Å². The minimum atomic E-state index is 0.412. The van der Waals surface area contributed by atoms with E-state index in [9.17, 15) is 0 Å². The zero-order valence-electron chi connectivity index (χ0n) is 10.8. The number of hydrogen-bond donors (Lipinski definition) is 0. The average molecular weight is 325 g/mol. The molecule has 0 aliphatic heterocycles. The fourth-order valence-corrected chi connectivity index (χ4v) is 3.33. The fraction of sp³-hybridized carbons (Fsp3) is 0.143. The smallest absolute Gasteiger partial charge is 0.173 e. The van der Waals surface area contributed by atoms with Gasteiger partial charge in [-0.3, -0.25) is 0 Å². The molecule has 0 atom stereocenters. The van der Waals surface area contributed by atoms with Gasteiger partial charge in [0, 0.05) is 11.5 Å². The Hall–Kier alpha value is -1.36. The number of nitrogens with zero attached hydrogens (tertiary/aromatic N) is 2. The van der Waals surface area contributed by atoms with Crippen molar-refractivity contribution in [1.29, 1.82) is 0 Å². The van der Waals surface area contributed by atoms with Gasteiger partial charge >= 0.3 is 0 Å². The van der Waals surface area contributed by atoms with Gasteiger partial charge in [0.15, 0.2) is 5.82 Å². The SMILES string of the molecule is COc1ccc2c(Cl)nc(-c3scc(C)c3Cl)nc2c1. The van der Waals surface area contributed by atoms with Crippen molar-refractivity contribution in [2.45, 2.75) is 6.92 Å². The summed E-state index contributed by atoms with van der Waals surface area (Å²) in [5.41, 5.74) is 1.75. The Bertz CT molecular complexity index is 801. The van der Waals surface area contributed by atoms with Crippen LogP contribution >= 0.6 is 34.5 Å². The fourth-order valence-electron chi connectivity index (χ4n) is 1.88. The number of methoxy groups -OCH3 is 1. The zero-order valence-corrected chi connectivity index (χ0v) is 13.1. The summed E-state index contributed by atoms with van der Waals surface area (Å²) in [7, 11) is 1.62. The summed E-state index contributed by atoms with van der Waals surface area (Å²) in [5, 5.41) is 3.86. The van der Waals surface area contributed by atoms with Crippen molar-refractivity contribution in [3.8, 4) is 16.5 Å². The van der Waals surface area contributed by atoms with Crippen LogP contribution in [0.15, 0.2) is 23.6 Å². The van der Waals surface area contributed by atoms with Crippen LogP contribution in [-0.2, 0) is 0 Å². The molecule has 1 aromatic carbocycles. The van der Waals surface area contributed by atoms with Crippen LogP contribution in [0.5, 0.6) is 5.75 Å². The third-order valence-electron chi connectivity index (χ3n) is 2.96. The highest BCUT2D eigenvalue weighted by Gasteiger charge is 2.14. The number of hydrogen-bond acceptors (Lipinski definition) is 4. The van der Waals surface area contributed by atoms with Crippen molar-refractivity contribution in [3.05, 3.63) is 39.3 Å². The first-order chi connectivity index (χ1) is 9.60. The van der Waals surface area contributed by atoms with Crippen LogP contribution in [0, 0.1) is 6.92 Å². The second kappa shape index (κ2) is 5.20. The van der Waals surface area contributed by atoms with Gasteiger partial charge in [0.25, 0.3) is 0 Å². The lowest BCUT2D eigenvalue weighted by Crippen LogP contribution is -1.92. The molecule has 20 heavy (non-hydrogen) atoms. The monoisotopic (exact) mass is 324 g/mol. The first-order valence-corrected chi connectivity index (χ1v) is 7.49. The van der Waals surface area contributed by atoms with Gasteiger partial charge in [-0.05, 0) is 30.0 Å². The van der Waals surface area contributed by atoms with Gasteiger partial charge < -0.3 is 4.74 Å². The molecular weight excluding hydrogens is 315 g/mol. The summed E-state index contributed by atoms with van der Waals surface area (Å²) in [4.78, 5) is 9.71. The first-order valence-electron chi connectivity index (χ1n) is 5.85. The summed E-state index contributed by atoms with van der Waals surface area (Å²) >= 11 is 14.0. The van der Waals surface area contributed by atoms with Crippen molar-refractivity contribution < 1.29 is 4.74 Å². The van der Waals surface area contributed by atoms with Crippen molar-refractivity contribution in [2.75, 3.05) is 7.11 Å². The van der Waals surface area contributed by atoms with E-state index in [1.165, 1.54) is 11.3 Å². The molecule has 0 aliphatic rings. The molecule has 0 N–H and O–H groups in total. The summed E-state index contributed by atoms with van der Waals surface area (Å²) in [6.45, 7) is 1.95. The van der Waals surface area contributed by atoms with E-state index in [0.717, 1.165) is 27.1 Å². The quantitative estimate of drug-likeness (QED) is 0.623. The Morgan fingerprint density at radius 1 is 1.20 bits per heavy atom. The third kappa shape index (κ3) is 2.24. The molecule has 0 amide bonds. The molecule has 3 aromatic rings. The number of ether oxygens (including phenoxy) is 1. The standard InChI is InChI=1S/C14H10Cl2N2OS/c1-7-6-20-12(11(7)15)14-17-10-5-8(19-2)3-4-9(10)13(16)18-14/h3-6H,1-2H3. The lowest BCUT2D eigenvalue weighted by atomic mass is 10.2. The molecule has 6 heteroatoms. The molecule has 0 saturated heterocycles. The van der Waals surface area contributed by atoms with E-state index >= 15 is 0 Å². The largest absolute Gasteiger partial charge is 0.497 e. The van der Waals surface area contributed by atoms with Gasteiger partial charge in [-0.15, -0.1) is 11.3 Å². The Morgan fingerprint density at radius 3 is 2.65 bits per heavy atom. The molecule has 0 spiro atoms. The predicted molar refractivity (Wildman–Crippen MR) is 84.2 cm³/mol. The number of fused-ring (bicyclic) bond motifs is 1. The van der Waals surface area contributed by atoms with Crippen LogP contribution in [-0.4, -0.2) is 17.1 Å². The predicted octanol–water partition coefficient (Wildman–Crippen LogP) is 4.98. The maximum absolute atomic E-state index is 6.27. The molecule has 0 bridgehead atoms. The highest BCUT2D eigenvalue weighted by atomic mass is 35.5. The second-order valence-electron chi connectivity index (χ2n) is 4.28. The molecule has 0 unspecified atom stereocenters. The Kier molecular flexibility index (Phi) is 3.54. The number of aryl methyl sites for hydroxylation is 1. The van der Waals surface area contributed by atoms with Crippen LogP contribution in [0.2, 0.25) is 10.2 Å². The Balaban J connectivity index is 2.25. The van der Waals surface area contributed by atoms with Crippen LogP contribution in [0.4, 0.5) is 0 Å². The normalized spacial score (nSPS) is 11.0. The lowest BCUT2D eigenvalue weighted by molar-refractivity contribution is 0.415. The number of rotatable bonds is 2. The minimum Gasteiger partial charge on any atom is -0.497 e. The van der Waals surface area contributed by atoms with Crippen LogP contribution in [0.1, 0.15) is 5.56 Å². The van der Waals surface area contributed by atoms with Crippen molar-refractivity contribution >= 4 is 45.4 Å². The van der Waals surface area contributed by atoms with Gasteiger partial charge in [-0.2, -0.15) is 0 Å². The maximum Gasteiger partial charge on any atom is 0.173 e. The third-order valence-corrected chi connectivity index (χ3v) is 4.94. The molecule has 0 saturated carbocycles. The molecule has 2 aromatic heterocycles. The molecular formula is C14H10Cl2N2OS. The minimum absolute atomic E-state index is 0.412. The maximum atomic E-state index is 6.27. The summed E-state index contributed by atoms with van der Waals surface area (Å²) in [6, 6.07) is 5.52. The molecule has 3 nitrogen and oxygen atoms in total. The Morgan fingerprint density at radius 2 is 2.00 bits per heavy atom. The first kappa shape index (κ1) is 13.6. The average Bonchev–Trinajstić information content (AvgIpc) is 2.78. The molecule has 2 heterocycles. The molecule has 102 valence electrons. The number of thiophene rings is 1. The Labute approximate surface area is 130 Å². The molecule has 0 fully saturated rings. The van der Waals surface area contributed by atoms with E-state index in [0.29, 0.717) is 16.0 Å². The van der Waals surface area contributed by atoms with E-state index < -0.39 is 0 Å². The van der Waals surface area contributed by atoms with Crippen LogP contribution in [0.3, 0.4) is 0 Å². The highest BCUT2D eigenvalue weighted by molar-refractivity contribution is 7.14. The number of aromatic nitrogens is 2. The van der Waals surface area contributed by atoms with Crippen LogP contribution in [0.25, 0.3) is 21.6 Å². The topological polar surface area (TPSA) is 35.0 Å². The summed E-state index contributed by atoms with van der Waals surface area (Å²) in [6.07, 6.45) is 0. The van der Waals surface area contributed by atoms with E-state index in [1.807, 2.05) is 30.5 Å². The van der Waals surface area contributed by atoms with Gasteiger partial charge in [-0.25, -0.2) is 9.97 Å². The molecule has 0 radical (unpaired) electrons. The number of benzene rings is 1. The van der Waals surface area contributed by atoms with E-state index in [4.69, 9.17) is 27.9 Å². The van der Waals surface area contributed by atoms with Crippen LogP contribution < -0.4 is 4.74 Å². The highest BCUT2D eigenvalue weighted by Crippen LogP contribution is 2.36. The van der Waals surface area contributed by atoms with Crippen molar-refractivity contribution in [1.82, 2.24) is 9.97 Å². The zero-order chi connectivity index (χ0) is 14.3. The lowest BCUT2D eigenvalue weighted by Gasteiger charge is -2.05. The van der Waals surface area contributed by atoms with E-state index in [-0.39, 0.29) is 0 Å². The van der Waals surface area contributed by atoms with Crippen molar-refractivity contribution in [3.63, 3.8) is 0 Å². The summed E-state index contributed by atoms with van der Waals surface area (Å²) in [5.74, 6) is 1.27. The van der Waals surface area contributed by atoms with E-state index in [1.54, 1.807) is 7.11 Å².